The van der Waals surface area contributed by atoms with Crippen molar-refractivity contribution in [2.45, 2.75) is 52.4 Å². The molecule has 0 fully saturated rings. The molecule has 0 aliphatic heterocycles. The van der Waals surface area contributed by atoms with Gasteiger partial charge in [-0.15, -0.1) is 0 Å². The average Bonchev–Trinajstić information content (AvgIpc) is 2.78. The number of amides is 1. The van der Waals surface area contributed by atoms with Crippen molar-refractivity contribution in [3.8, 4) is 0 Å². The Bertz CT molecular complexity index is 1330. The van der Waals surface area contributed by atoms with Gasteiger partial charge < -0.3 is 10.1 Å². The van der Waals surface area contributed by atoms with E-state index >= 15 is 0 Å². The molecule has 3 aromatic rings. The van der Waals surface area contributed by atoms with Gasteiger partial charge in [-0.25, -0.2) is 14.0 Å². The Morgan fingerprint density at radius 2 is 1.77 bits per heavy atom. The molecule has 3 rings (SSSR count). The second-order valence-corrected chi connectivity index (χ2v) is 10.2. The number of ether oxygens (including phenoxy) is 1. The summed E-state index contributed by atoms with van der Waals surface area (Å²) in [7, 11) is 0. The van der Waals surface area contributed by atoms with Gasteiger partial charge in [0.2, 0.25) is 0 Å². The number of carbonyl (C=O) groups is 1. The highest BCUT2D eigenvalue weighted by molar-refractivity contribution is 9.10. The zero-order chi connectivity index (χ0) is 25.9. The van der Waals surface area contributed by atoms with E-state index in [4.69, 9.17) is 16.3 Å². The van der Waals surface area contributed by atoms with Crippen molar-refractivity contribution in [3.63, 3.8) is 0 Å². The number of halogens is 3. The SMILES string of the molecule is Cc1c(Br)c(=O)n(C[C@@H](NC(=O)OC(C)(C)C)c2ccccc2)c(=O)n1Cc1c(F)cccc1Cl. The van der Waals surface area contributed by atoms with Gasteiger partial charge in [-0.3, -0.25) is 13.9 Å². The fourth-order valence-electron chi connectivity index (χ4n) is 3.51. The van der Waals surface area contributed by atoms with Gasteiger partial charge in [-0.05, 0) is 61.3 Å². The van der Waals surface area contributed by atoms with Gasteiger partial charge in [0.15, 0.2) is 0 Å². The van der Waals surface area contributed by atoms with Gasteiger partial charge in [-0.1, -0.05) is 48.0 Å². The summed E-state index contributed by atoms with van der Waals surface area (Å²) in [6, 6.07) is 12.4. The molecule has 186 valence electrons. The summed E-state index contributed by atoms with van der Waals surface area (Å²) >= 11 is 9.44. The zero-order valence-corrected chi connectivity index (χ0v) is 22.1. The Kier molecular flexibility index (Phi) is 8.22. The van der Waals surface area contributed by atoms with Gasteiger partial charge in [0, 0.05) is 16.3 Å². The molecule has 1 N–H and O–H groups in total. The van der Waals surface area contributed by atoms with Crippen LogP contribution in [0, 0.1) is 12.7 Å². The summed E-state index contributed by atoms with van der Waals surface area (Å²) in [5.41, 5.74) is -0.849. The van der Waals surface area contributed by atoms with E-state index in [1.165, 1.54) is 22.8 Å². The number of carbonyl (C=O) groups excluding carboxylic acids is 1. The minimum atomic E-state index is -0.753. The molecule has 0 spiro atoms. The number of hydrogen-bond acceptors (Lipinski definition) is 4. The van der Waals surface area contributed by atoms with Crippen molar-refractivity contribution in [2.24, 2.45) is 0 Å². The maximum absolute atomic E-state index is 14.4. The van der Waals surface area contributed by atoms with Gasteiger partial charge in [0.05, 0.1) is 19.1 Å². The predicted molar refractivity (Wildman–Crippen MR) is 136 cm³/mol. The number of alkyl carbamates (subject to hydrolysis) is 1. The molecule has 0 saturated carbocycles. The molecule has 2 aromatic carbocycles. The van der Waals surface area contributed by atoms with Crippen molar-refractivity contribution in [3.05, 3.63) is 102 Å². The van der Waals surface area contributed by atoms with E-state index in [0.717, 1.165) is 4.57 Å². The molecule has 0 aliphatic rings. The van der Waals surface area contributed by atoms with Crippen LogP contribution in [0.2, 0.25) is 5.02 Å². The van der Waals surface area contributed by atoms with E-state index in [1.807, 2.05) is 6.07 Å². The van der Waals surface area contributed by atoms with Crippen LogP contribution in [0.25, 0.3) is 0 Å². The number of hydrogen-bond donors (Lipinski definition) is 1. The minimum absolute atomic E-state index is 0.128. The largest absolute Gasteiger partial charge is 0.444 e. The lowest BCUT2D eigenvalue weighted by Crippen LogP contribution is -2.45. The lowest BCUT2D eigenvalue weighted by Gasteiger charge is -2.25. The smallest absolute Gasteiger partial charge is 0.408 e. The molecule has 10 heteroatoms. The van der Waals surface area contributed by atoms with E-state index in [2.05, 4.69) is 21.2 Å². The molecule has 7 nitrogen and oxygen atoms in total. The average molecular weight is 567 g/mol. The van der Waals surface area contributed by atoms with Crippen molar-refractivity contribution < 1.29 is 13.9 Å². The van der Waals surface area contributed by atoms with Crippen LogP contribution < -0.4 is 16.6 Å². The fourth-order valence-corrected chi connectivity index (χ4v) is 4.16. The van der Waals surface area contributed by atoms with Crippen molar-refractivity contribution in [1.29, 1.82) is 0 Å². The highest BCUT2D eigenvalue weighted by atomic mass is 79.9. The molecule has 0 bridgehead atoms. The van der Waals surface area contributed by atoms with Crippen LogP contribution >= 0.6 is 27.5 Å². The standard InChI is InChI=1S/C25H26BrClFN3O4/c1-15-21(26)22(32)31(24(34)30(15)13-17-18(27)11-8-12-19(17)28)14-20(16-9-6-5-7-10-16)29-23(33)35-25(2,3)4/h5-12,20H,13-14H2,1-4H3,(H,29,33)/t20-/m1/s1. The second-order valence-electron chi connectivity index (χ2n) is 8.99. The highest BCUT2D eigenvalue weighted by Gasteiger charge is 2.24. The normalized spacial score (nSPS) is 12.3. The van der Waals surface area contributed by atoms with Crippen LogP contribution in [0.5, 0.6) is 0 Å². The number of aromatic nitrogens is 2. The summed E-state index contributed by atoms with van der Waals surface area (Å²) in [4.78, 5) is 39.1. The molecule has 0 radical (unpaired) electrons. The molecule has 1 heterocycles. The van der Waals surface area contributed by atoms with E-state index in [-0.39, 0.29) is 28.1 Å². The van der Waals surface area contributed by atoms with Crippen LogP contribution in [0.4, 0.5) is 9.18 Å². The third-order valence-corrected chi connectivity index (χ3v) is 6.52. The van der Waals surface area contributed by atoms with Gasteiger partial charge in [0.1, 0.15) is 15.9 Å². The molecule has 35 heavy (non-hydrogen) atoms. The third-order valence-electron chi connectivity index (χ3n) is 5.25. The number of nitrogens with one attached hydrogen (secondary N) is 1. The first-order valence-electron chi connectivity index (χ1n) is 10.9. The fraction of sp³-hybridized carbons (Fsp3) is 0.320. The minimum Gasteiger partial charge on any atom is -0.444 e. The summed E-state index contributed by atoms with van der Waals surface area (Å²) in [6.45, 7) is 6.43. The van der Waals surface area contributed by atoms with Crippen LogP contribution in [-0.4, -0.2) is 20.8 Å². The Labute approximate surface area is 215 Å². The molecule has 0 unspecified atom stereocenters. The summed E-state index contributed by atoms with van der Waals surface area (Å²) < 4.78 is 22.2. The van der Waals surface area contributed by atoms with Crippen molar-refractivity contribution >= 4 is 33.6 Å². The zero-order valence-electron chi connectivity index (χ0n) is 19.8. The summed E-state index contributed by atoms with van der Waals surface area (Å²) in [5.74, 6) is -0.563. The molecular weight excluding hydrogens is 541 g/mol. The number of nitrogens with zero attached hydrogens (tertiary/aromatic N) is 2. The van der Waals surface area contributed by atoms with Crippen molar-refractivity contribution in [2.75, 3.05) is 0 Å². The quantitative estimate of drug-likeness (QED) is 0.445. The topological polar surface area (TPSA) is 82.3 Å². The van der Waals surface area contributed by atoms with Gasteiger partial charge in [0.25, 0.3) is 5.56 Å². The number of benzene rings is 2. The first-order chi connectivity index (χ1) is 16.4. The molecule has 1 amide bonds. The van der Waals surface area contributed by atoms with E-state index in [0.29, 0.717) is 11.3 Å². The molecule has 1 aromatic heterocycles. The van der Waals surface area contributed by atoms with Crippen LogP contribution in [-0.2, 0) is 17.8 Å². The van der Waals surface area contributed by atoms with Crippen LogP contribution in [0.15, 0.2) is 62.6 Å². The summed E-state index contributed by atoms with van der Waals surface area (Å²) in [6.07, 6.45) is -0.691. The Morgan fingerprint density at radius 1 is 1.11 bits per heavy atom. The Balaban J connectivity index is 2.07. The Morgan fingerprint density at radius 3 is 2.37 bits per heavy atom. The first-order valence-corrected chi connectivity index (χ1v) is 12.0. The molecule has 1 atom stereocenters. The maximum atomic E-state index is 14.4. The lowest BCUT2D eigenvalue weighted by atomic mass is 10.1. The number of rotatable bonds is 6. The van der Waals surface area contributed by atoms with Crippen molar-refractivity contribution in [1.82, 2.24) is 14.5 Å². The van der Waals surface area contributed by atoms with E-state index in [9.17, 15) is 18.8 Å². The first kappa shape index (κ1) is 26.7. The second kappa shape index (κ2) is 10.8. The van der Waals surface area contributed by atoms with E-state index in [1.54, 1.807) is 52.0 Å². The highest BCUT2D eigenvalue weighted by Crippen LogP contribution is 2.21. The predicted octanol–water partition coefficient (Wildman–Crippen LogP) is 5.19. The molecule has 0 saturated heterocycles. The van der Waals surface area contributed by atoms with Gasteiger partial charge >= 0.3 is 11.8 Å². The Hall–Kier alpha value is -2.91. The lowest BCUT2D eigenvalue weighted by molar-refractivity contribution is 0.0497. The third kappa shape index (κ3) is 6.41. The molecule has 0 aliphatic carbocycles. The van der Waals surface area contributed by atoms with Crippen LogP contribution in [0.3, 0.4) is 0 Å². The maximum Gasteiger partial charge on any atom is 0.408 e. The summed E-state index contributed by atoms with van der Waals surface area (Å²) in [5, 5.41) is 2.91. The monoisotopic (exact) mass is 565 g/mol. The van der Waals surface area contributed by atoms with Gasteiger partial charge in [-0.2, -0.15) is 0 Å². The molecular formula is C25H26BrClFN3O4. The van der Waals surface area contributed by atoms with E-state index < -0.39 is 34.8 Å². The van der Waals surface area contributed by atoms with Crippen LogP contribution in [0.1, 0.15) is 43.6 Å².